The van der Waals surface area contributed by atoms with Gasteiger partial charge < -0.3 is 5.32 Å². The van der Waals surface area contributed by atoms with Crippen molar-refractivity contribution in [2.24, 2.45) is 0 Å². The number of benzene rings is 1. The summed E-state index contributed by atoms with van der Waals surface area (Å²) in [5, 5.41) is 2.83. The van der Waals surface area contributed by atoms with Crippen LogP contribution < -0.4 is 5.32 Å². The predicted octanol–water partition coefficient (Wildman–Crippen LogP) is 3.59. The Balaban J connectivity index is 1.78. The van der Waals surface area contributed by atoms with Crippen molar-refractivity contribution >= 4 is 27.5 Å². The third-order valence-corrected chi connectivity index (χ3v) is 3.89. The number of aromatic nitrogens is 3. The highest BCUT2D eigenvalue weighted by Gasteiger charge is 2.10. The van der Waals surface area contributed by atoms with E-state index in [1.165, 1.54) is 0 Å². The van der Waals surface area contributed by atoms with Crippen LogP contribution in [0.3, 0.4) is 0 Å². The molecule has 2 aromatic heterocycles. The molecule has 0 atom stereocenters. The maximum absolute atomic E-state index is 12.2. The minimum atomic E-state index is -0.180. The highest BCUT2D eigenvalue weighted by atomic mass is 79.9. The lowest BCUT2D eigenvalue weighted by molar-refractivity contribution is 0.102. The van der Waals surface area contributed by atoms with Crippen LogP contribution in [-0.2, 0) is 0 Å². The van der Waals surface area contributed by atoms with Crippen LogP contribution in [0.25, 0.3) is 5.82 Å². The van der Waals surface area contributed by atoms with Gasteiger partial charge in [-0.15, -0.1) is 0 Å². The Morgan fingerprint density at radius 2 is 2.00 bits per heavy atom. The van der Waals surface area contributed by atoms with Crippen LogP contribution in [0, 0.1) is 6.92 Å². The molecule has 22 heavy (non-hydrogen) atoms. The van der Waals surface area contributed by atoms with Crippen LogP contribution >= 0.6 is 15.9 Å². The maximum atomic E-state index is 12.2. The van der Waals surface area contributed by atoms with E-state index in [2.05, 4.69) is 31.2 Å². The number of amides is 1. The van der Waals surface area contributed by atoms with Crippen molar-refractivity contribution in [3.05, 3.63) is 70.8 Å². The fourth-order valence-electron chi connectivity index (χ4n) is 2.07. The molecule has 0 aliphatic heterocycles. The molecule has 0 spiro atoms. The van der Waals surface area contributed by atoms with Gasteiger partial charge in [0.2, 0.25) is 0 Å². The van der Waals surface area contributed by atoms with Crippen molar-refractivity contribution in [2.45, 2.75) is 6.92 Å². The van der Waals surface area contributed by atoms with Crippen LogP contribution in [-0.4, -0.2) is 20.4 Å². The Morgan fingerprint density at radius 3 is 2.64 bits per heavy atom. The van der Waals surface area contributed by atoms with Crippen LogP contribution in [0.5, 0.6) is 0 Å². The van der Waals surface area contributed by atoms with E-state index in [0.29, 0.717) is 11.3 Å². The molecule has 0 saturated heterocycles. The van der Waals surface area contributed by atoms with E-state index in [0.717, 1.165) is 16.1 Å². The third-order valence-electron chi connectivity index (χ3n) is 3.20. The molecule has 0 saturated carbocycles. The number of halogens is 1. The summed E-state index contributed by atoms with van der Waals surface area (Å²) in [5.41, 5.74) is 1.22. The smallest absolute Gasteiger partial charge is 0.256 e. The fourth-order valence-corrected chi connectivity index (χ4v) is 2.53. The lowest BCUT2D eigenvalue weighted by Crippen LogP contribution is -2.12. The molecule has 1 amide bonds. The molecule has 110 valence electrons. The lowest BCUT2D eigenvalue weighted by Gasteiger charge is -2.08. The maximum Gasteiger partial charge on any atom is 0.256 e. The number of nitrogens with one attached hydrogen (secondary N) is 1. The first-order chi connectivity index (χ1) is 10.6. The van der Waals surface area contributed by atoms with Gasteiger partial charge in [0.15, 0.2) is 0 Å². The first-order valence-electron chi connectivity index (χ1n) is 6.67. The molecular weight excluding hydrogens is 344 g/mol. The SMILES string of the molecule is Cc1nccn1-c1ccc(NC(=O)c2ccccc2Br)cn1. The molecular formula is C16H13BrN4O. The number of carbonyl (C=O) groups is 1. The van der Waals surface area contributed by atoms with Crippen molar-refractivity contribution in [1.29, 1.82) is 0 Å². The molecule has 1 aromatic carbocycles. The molecule has 3 aromatic rings. The van der Waals surface area contributed by atoms with Gasteiger partial charge in [0.05, 0.1) is 17.4 Å². The summed E-state index contributed by atoms with van der Waals surface area (Å²) in [7, 11) is 0. The molecule has 0 unspecified atom stereocenters. The van der Waals surface area contributed by atoms with Gasteiger partial charge in [-0.25, -0.2) is 9.97 Å². The van der Waals surface area contributed by atoms with E-state index in [9.17, 15) is 4.79 Å². The van der Waals surface area contributed by atoms with E-state index in [1.807, 2.05) is 48.0 Å². The van der Waals surface area contributed by atoms with E-state index >= 15 is 0 Å². The van der Waals surface area contributed by atoms with Gasteiger partial charge in [0, 0.05) is 16.9 Å². The Kier molecular flexibility index (Phi) is 4.02. The van der Waals surface area contributed by atoms with Crippen molar-refractivity contribution in [1.82, 2.24) is 14.5 Å². The zero-order chi connectivity index (χ0) is 15.5. The fraction of sp³-hybridized carbons (Fsp3) is 0.0625. The number of imidazole rings is 1. The van der Waals surface area contributed by atoms with Crippen molar-refractivity contribution in [3.8, 4) is 5.82 Å². The number of hydrogen-bond donors (Lipinski definition) is 1. The summed E-state index contributed by atoms with van der Waals surface area (Å²) < 4.78 is 2.63. The molecule has 2 heterocycles. The minimum Gasteiger partial charge on any atom is -0.321 e. The van der Waals surface area contributed by atoms with Gasteiger partial charge in [0.1, 0.15) is 11.6 Å². The molecule has 0 radical (unpaired) electrons. The average Bonchev–Trinajstić information content (AvgIpc) is 2.94. The molecule has 0 aliphatic rings. The van der Waals surface area contributed by atoms with Crippen LogP contribution in [0.1, 0.15) is 16.2 Å². The summed E-state index contributed by atoms with van der Waals surface area (Å²) >= 11 is 3.37. The van der Waals surface area contributed by atoms with Gasteiger partial charge in [-0.3, -0.25) is 9.36 Å². The second kappa shape index (κ2) is 6.11. The van der Waals surface area contributed by atoms with E-state index in [4.69, 9.17) is 0 Å². The first kappa shape index (κ1) is 14.5. The Labute approximate surface area is 136 Å². The summed E-state index contributed by atoms with van der Waals surface area (Å²) in [4.78, 5) is 20.7. The molecule has 1 N–H and O–H groups in total. The second-order valence-corrected chi connectivity index (χ2v) is 5.54. The highest BCUT2D eigenvalue weighted by molar-refractivity contribution is 9.10. The second-order valence-electron chi connectivity index (χ2n) is 4.68. The van der Waals surface area contributed by atoms with Crippen molar-refractivity contribution < 1.29 is 4.79 Å². The Hall–Kier alpha value is -2.47. The van der Waals surface area contributed by atoms with Gasteiger partial charge in [0.25, 0.3) is 5.91 Å². The first-order valence-corrected chi connectivity index (χ1v) is 7.47. The largest absolute Gasteiger partial charge is 0.321 e. The highest BCUT2D eigenvalue weighted by Crippen LogP contribution is 2.18. The van der Waals surface area contributed by atoms with Crippen LogP contribution in [0.2, 0.25) is 0 Å². The third kappa shape index (κ3) is 2.92. The summed E-state index contributed by atoms with van der Waals surface area (Å²) in [6.45, 7) is 1.91. The average molecular weight is 357 g/mol. The number of carbonyl (C=O) groups excluding carboxylic acids is 1. The van der Waals surface area contributed by atoms with E-state index < -0.39 is 0 Å². The topological polar surface area (TPSA) is 59.8 Å². The number of pyridine rings is 1. The van der Waals surface area contributed by atoms with Gasteiger partial charge in [-0.05, 0) is 47.1 Å². The minimum absolute atomic E-state index is 0.180. The van der Waals surface area contributed by atoms with E-state index in [-0.39, 0.29) is 5.91 Å². The normalized spacial score (nSPS) is 10.5. The molecule has 6 heteroatoms. The standard InChI is InChI=1S/C16H13BrN4O/c1-11-18-8-9-21(11)15-7-6-12(10-19-15)20-16(22)13-4-2-3-5-14(13)17/h2-10H,1H3,(H,20,22). The van der Waals surface area contributed by atoms with Gasteiger partial charge >= 0.3 is 0 Å². The predicted molar refractivity (Wildman–Crippen MR) is 88.2 cm³/mol. The zero-order valence-corrected chi connectivity index (χ0v) is 13.4. The lowest BCUT2D eigenvalue weighted by atomic mass is 10.2. The van der Waals surface area contributed by atoms with Crippen molar-refractivity contribution in [3.63, 3.8) is 0 Å². The summed E-state index contributed by atoms with van der Waals surface area (Å²) in [5.74, 6) is 1.44. The Bertz CT molecular complexity index is 811. The number of hydrogen-bond acceptors (Lipinski definition) is 3. The summed E-state index contributed by atoms with van der Waals surface area (Å²) in [6.07, 6.45) is 5.19. The van der Waals surface area contributed by atoms with Gasteiger partial charge in [-0.2, -0.15) is 0 Å². The Morgan fingerprint density at radius 1 is 1.18 bits per heavy atom. The number of nitrogens with zero attached hydrogens (tertiary/aromatic N) is 3. The number of rotatable bonds is 3. The molecule has 0 fully saturated rings. The van der Waals surface area contributed by atoms with E-state index in [1.54, 1.807) is 18.5 Å². The zero-order valence-electron chi connectivity index (χ0n) is 11.8. The van der Waals surface area contributed by atoms with Crippen LogP contribution in [0.15, 0.2) is 59.5 Å². The monoisotopic (exact) mass is 356 g/mol. The number of anilines is 1. The quantitative estimate of drug-likeness (QED) is 0.779. The van der Waals surface area contributed by atoms with Crippen LogP contribution in [0.4, 0.5) is 5.69 Å². The summed E-state index contributed by atoms with van der Waals surface area (Å²) in [6, 6.07) is 10.9. The van der Waals surface area contributed by atoms with Crippen molar-refractivity contribution in [2.75, 3.05) is 5.32 Å². The van der Waals surface area contributed by atoms with Gasteiger partial charge in [-0.1, -0.05) is 12.1 Å². The number of aryl methyl sites for hydroxylation is 1. The molecule has 5 nitrogen and oxygen atoms in total. The molecule has 3 rings (SSSR count). The molecule has 0 bridgehead atoms. The molecule has 0 aliphatic carbocycles.